The molecule has 3 heteroatoms. The van der Waals surface area contributed by atoms with Crippen LogP contribution in [0.15, 0.2) is 42.5 Å². The van der Waals surface area contributed by atoms with E-state index in [1.807, 2.05) is 36.4 Å². The Morgan fingerprint density at radius 2 is 1.90 bits per heavy atom. The van der Waals surface area contributed by atoms with E-state index in [9.17, 15) is 0 Å². The van der Waals surface area contributed by atoms with Gasteiger partial charge in [-0.25, -0.2) is 4.98 Å². The minimum absolute atomic E-state index is 0.654. The Bertz CT molecular complexity index is 540. The second kappa shape index (κ2) is 7.65. The van der Waals surface area contributed by atoms with Gasteiger partial charge in [0.1, 0.15) is 5.75 Å². The second-order valence-electron chi connectivity index (χ2n) is 4.71. The fraction of sp³-hybridized carbons (Fsp3) is 0.353. The maximum atomic E-state index is 5.91. The molecular formula is C17H22N2O. The number of ether oxygens (including phenoxy) is 1. The van der Waals surface area contributed by atoms with Crippen LogP contribution in [0.5, 0.6) is 11.6 Å². The standard InChI is InChI=1S/C17H22N2O/c1-3-12-18-13-15-9-7-11-17(19-15)20-16-10-6-5-8-14(16)4-2/h5-11,18H,3-4,12-13H2,1-2H3. The van der Waals surface area contributed by atoms with Crippen molar-refractivity contribution in [2.24, 2.45) is 0 Å². The highest BCUT2D eigenvalue weighted by atomic mass is 16.5. The molecule has 0 aliphatic carbocycles. The molecule has 20 heavy (non-hydrogen) atoms. The van der Waals surface area contributed by atoms with Gasteiger partial charge in [-0.3, -0.25) is 0 Å². The SMILES string of the molecule is CCCNCc1cccc(Oc2ccccc2CC)n1. The maximum Gasteiger partial charge on any atom is 0.219 e. The van der Waals surface area contributed by atoms with Crippen LogP contribution in [0.2, 0.25) is 0 Å². The minimum atomic E-state index is 0.654. The molecule has 0 fully saturated rings. The first kappa shape index (κ1) is 14.5. The monoisotopic (exact) mass is 270 g/mol. The van der Waals surface area contributed by atoms with E-state index < -0.39 is 0 Å². The first-order valence-corrected chi connectivity index (χ1v) is 7.26. The van der Waals surface area contributed by atoms with Crippen molar-refractivity contribution < 1.29 is 4.74 Å². The molecule has 0 bridgehead atoms. The summed E-state index contributed by atoms with van der Waals surface area (Å²) in [7, 11) is 0. The molecule has 0 saturated heterocycles. The lowest BCUT2D eigenvalue weighted by Crippen LogP contribution is -2.14. The van der Waals surface area contributed by atoms with Gasteiger partial charge in [-0.2, -0.15) is 0 Å². The Kier molecular flexibility index (Phi) is 5.56. The normalized spacial score (nSPS) is 10.5. The molecule has 1 aromatic carbocycles. The number of aryl methyl sites for hydroxylation is 1. The molecule has 0 unspecified atom stereocenters. The van der Waals surface area contributed by atoms with Crippen molar-refractivity contribution in [1.82, 2.24) is 10.3 Å². The van der Waals surface area contributed by atoms with Crippen LogP contribution in [0.4, 0.5) is 0 Å². The molecule has 0 aliphatic rings. The summed E-state index contributed by atoms with van der Waals surface area (Å²) >= 11 is 0. The van der Waals surface area contributed by atoms with Crippen LogP contribution in [0, 0.1) is 0 Å². The molecule has 1 heterocycles. The van der Waals surface area contributed by atoms with Gasteiger partial charge < -0.3 is 10.1 Å². The summed E-state index contributed by atoms with van der Waals surface area (Å²) in [4.78, 5) is 4.53. The Labute approximate surface area is 121 Å². The van der Waals surface area contributed by atoms with Crippen LogP contribution < -0.4 is 10.1 Å². The Balaban J connectivity index is 2.07. The number of nitrogens with one attached hydrogen (secondary N) is 1. The number of hydrogen-bond donors (Lipinski definition) is 1. The summed E-state index contributed by atoms with van der Waals surface area (Å²) in [5, 5.41) is 3.35. The van der Waals surface area contributed by atoms with Crippen LogP contribution in [-0.2, 0) is 13.0 Å². The molecule has 0 spiro atoms. The summed E-state index contributed by atoms with van der Waals surface area (Å²) in [6.07, 6.45) is 2.08. The average Bonchev–Trinajstić information content (AvgIpc) is 2.48. The van der Waals surface area contributed by atoms with Gasteiger partial charge in [0, 0.05) is 12.6 Å². The zero-order valence-corrected chi connectivity index (χ0v) is 12.2. The predicted octanol–water partition coefficient (Wildman–Crippen LogP) is 3.94. The number of rotatable bonds is 7. The summed E-state index contributed by atoms with van der Waals surface area (Å²) in [5.41, 5.74) is 2.20. The quantitative estimate of drug-likeness (QED) is 0.774. The number of hydrogen-bond acceptors (Lipinski definition) is 3. The van der Waals surface area contributed by atoms with E-state index in [1.165, 1.54) is 5.56 Å². The molecule has 2 aromatic rings. The van der Waals surface area contributed by atoms with E-state index in [0.717, 1.165) is 37.4 Å². The molecule has 0 amide bonds. The van der Waals surface area contributed by atoms with Crippen molar-refractivity contribution in [1.29, 1.82) is 0 Å². The van der Waals surface area contributed by atoms with Crippen LogP contribution in [-0.4, -0.2) is 11.5 Å². The van der Waals surface area contributed by atoms with Crippen molar-refractivity contribution in [3.63, 3.8) is 0 Å². The fourth-order valence-corrected chi connectivity index (χ4v) is 2.01. The largest absolute Gasteiger partial charge is 0.439 e. The van der Waals surface area contributed by atoms with Gasteiger partial charge in [0.25, 0.3) is 0 Å². The van der Waals surface area contributed by atoms with Crippen LogP contribution in [0.3, 0.4) is 0 Å². The number of pyridine rings is 1. The maximum absolute atomic E-state index is 5.91. The highest BCUT2D eigenvalue weighted by Gasteiger charge is 2.04. The average molecular weight is 270 g/mol. The molecule has 2 rings (SSSR count). The lowest BCUT2D eigenvalue weighted by Gasteiger charge is -2.10. The third kappa shape index (κ3) is 4.07. The van der Waals surface area contributed by atoms with Gasteiger partial charge in [-0.05, 0) is 37.1 Å². The van der Waals surface area contributed by atoms with E-state index >= 15 is 0 Å². The molecular weight excluding hydrogens is 248 g/mol. The number of para-hydroxylation sites is 1. The molecule has 0 aliphatic heterocycles. The van der Waals surface area contributed by atoms with Crippen LogP contribution >= 0.6 is 0 Å². The van der Waals surface area contributed by atoms with Crippen molar-refractivity contribution in [3.05, 3.63) is 53.7 Å². The van der Waals surface area contributed by atoms with E-state index in [0.29, 0.717) is 5.88 Å². The van der Waals surface area contributed by atoms with Crippen LogP contribution in [0.25, 0.3) is 0 Å². The second-order valence-corrected chi connectivity index (χ2v) is 4.71. The summed E-state index contributed by atoms with van der Waals surface area (Å²) in [6.45, 7) is 6.06. The lowest BCUT2D eigenvalue weighted by atomic mass is 10.1. The highest BCUT2D eigenvalue weighted by molar-refractivity contribution is 5.36. The van der Waals surface area contributed by atoms with E-state index in [1.54, 1.807) is 0 Å². The number of aromatic nitrogens is 1. The Morgan fingerprint density at radius 3 is 2.70 bits per heavy atom. The molecule has 0 radical (unpaired) electrons. The molecule has 0 atom stereocenters. The van der Waals surface area contributed by atoms with Gasteiger partial charge >= 0.3 is 0 Å². The smallest absolute Gasteiger partial charge is 0.219 e. The van der Waals surface area contributed by atoms with Gasteiger partial charge in [0.2, 0.25) is 5.88 Å². The van der Waals surface area contributed by atoms with Gasteiger partial charge in [0.05, 0.1) is 5.69 Å². The predicted molar refractivity (Wildman–Crippen MR) is 82.1 cm³/mol. The third-order valence-electron chi connectivity index (χ3n) is 3.08. The van der Waals surface area contributed by atoms with Crippen molar-refractivity contribution in [3.8, 4) is 11.6 Å². The lowest BCUT2D eigenvalue weighted by molar-refractivity contribution is 0.454. The van der Waals surface area contributed by atoms with Crippen molar-refractivity contribution in [2.75, 3.05) is 6.54 Å². The first-order chi connectivity index (χ1) is 9.83. The van der Waals surface area contributed by atoms with Crippen molar-refractivity contribution in [2.45, 2.75) is 33.2 Å². The van der Waals surface area contributed by atoms with E-state index in [4.69, 9.17) is 4.74 Å². The molecule has 1 aromatic heterocycles. The zero-order valence-electron chi connectivity index (χ0n) is 12.2. The number of benzene rings is 1. The Morgan fingerprint density at radius 1 is 1.05 bits per heavy atom. The molecule has 106 valence electrons. The minimum Gasteiger partial charge on any atom is -0.439 e. The zero-order chi connectivity index (χ0) is 14.2. The van der Waals surface area contributed by atoms with Crippen LogP contribution in [0.1, 0.15) is 31.5 Å². The van der Waals surface area contributed by atoms with Gasteiger partial charge in [-0.15, -0.1) is 0 Å². The summed E-state index contributed by atoms with van der Waals surface area (Å²) in [6, 6.07) is 14.0. The molecule has 3 nitrogen and oxygen atoms in total. The van der Waals surface area contributed by atoms with Gasteiger partial charge in [-0.1, -0.05) is 38.1 Å². The third-order valence-corrected chi connectivity index (χ3v) is 3.08. The van der Waals surface area contributed by atoms with Crippen molar-refractivity contribution >= 4 is 0 Å². The van der Waals surface area contributed by atoms with Gasteiger partial charge in [0.15, 0.2) is 0 Å². The summed E-state index contributed by atoms with van der Waals surface area (Å²) in [5.74, 6) is 1.54. The Hall–Kier alpha value is -1.87. The first-order valence-electron chi connectivity index (χ1n) is 7.26. The summed E-state index contributed by atoms with van der Waals surface area (Å²) < 4.78 is 5.91. The fourth-order valence-electron chi connectivity index (χ4n) is 2.01. The molecule has 0 saturated carbocycles. The number of nitrogens with zero attached hydrogens (tertiary/aromatic N) is 1. The highest BCUT2D eigenvalue weighted by Crippen LogP contribution is 2.24. The van der Waals surface area contributed by atoms with E-state index in [-0.39, 0.29) is 0 Å². The topological polar surface area (TPSA) is 34.1 Å². The molecule has 1 N–H and O–H groups in total. The van der Waals surface area contributed by atoms with E-state index in [2.05, 4.69) is 30.2 Å².